The first-order valence-electron chi connectivity index (χ1n) is 8.97. The van der Waals surface area contributed by atoms with Gasteiger partial charge in [-0.1, -0.05) is 11.6 Å². The van der Waals surface area contributed by atoms with Gasteiger partial charge in [-0.15, -0.1) is 0 Å². The molecule has 0 unspecified atom stereocenters. The van der Waals surface area contributed by atoms with E-state index in [2.05, 4.69) is 9.97 Å². The number of likely N-dealkylation sites (tertiary alicyclic amines) is 1. The van der Waals surface area contributed by atoms with Crippen LogP contribution in [0.1, 0.15) is 46.2 Å². The summed E-state index contributed by atoms with van der Waals surface area (Å²) < 4.78 is 10.6. The van der Waals surface area contributed by atoms with Crippen molar-refractivity contribution in [3.8, 4) is 5.75 Å². The average Bonchev–Trinajstić information content (AvgIpc) is 2.69. The van der Waals surface area contributed by atoms with E-state index in [-0.39, 0.29) is 5.91 Å². The number of hydrogen-bond donors (Lipinski definition) is 0. The number of rotatable bonds is 5. The summed E-state index contributed by atoms with van der Waals surface area (Å²) in [4.78, 5) is 23.7. The fourth-order valence-corrected chi connectivity index (χ4v) is 3.68. The molecule has 0 aliphatic carbocycles. The Bertz CT molecular complexity index is 820. The topological polar surface area (TPSA) is 64.6 Å². The summed E-state index contributed by atoms with van der Waals surface area (Å²) in [7, 11) is 3.23. The molecule has 27 heavy (non-hydrogen) atoms. The van der Waals surface area contributed by atoms with E-state index in [0.29, 0.717) is 41.9 Å². The number of nitrogens with zero attached hydrogens (tertiary/aromatic N) is 3. The highest BCUT2D eigenvalue weighted by Gasteiger charge is 2.28. The van der Waals surface area contributed by atoms with Crippen molar-refractivity contribution >= 4 is 17.5 Å². The highest BCUT2D eigenvalue weighted by Crippen LogP contribution is 2.31. The highest BCUT2D eigenvalue weighted by atomic mass is 35.5. The second kappa shape index (κ2) is 8.67. The summed E-state index contributed by atoms with van der Waals surface area (Å²) in [5.41, 5.74) is 2.56. The molecule has 0 N–H and O–H groups in total. The summed E-state index contributed by atoms with van der Waals surface area (Å²) in [6.45, 7) is 3.71. The largest absolute Gasteiger partial charge is 0.496 e. The van der Waals surface area contributed by atoms with E-state index in [1.54, 1.807) is 32.4 Å². The second-order valence-corrected chi connectivity index (χ2v) is 7.11. The van der Waals surface area contributed by atoms with E-state index in [4.69, 9.17) is 21.1 Å². The minimum atomic E-state index is -0.0521. The summed E-state index contributed by atoms with van der Waals surface area (Å²) >= 11 is 6.07. The maximum atomic E-state index is 12.9. The zero-order chi connectivity index (χ0) is 19.4. The molecule has 1 aliphatic rings. The Hall–Kier alpha value is -2.18. The molecule has 6 nitrogen and oxygen atoms in total. The van der Waals surface area contributed by atoms with Crippen molar-refractivity contribution in [1.82, 2.24) is 14.9 Å². The van der Waals surface area contributed by atoms with Crippen molar-refractivity contribution in [2.24, 2.45) is 0 Å². The molecular weight excluding hydrogens is 366 g/mol. The summed E-state index contributed by atoms with van der Waals surface area (Å²) in [6.07, 6.45) is 3.54. The van der Waals surface area contributed by atoms with Gasteiger partial charge < -0.3 is 14.4 Å². The number of hydrogen-bond acceptors (Lipinski definition) is 5. The minimum Gasteiger partial charge on any atom is -0.496 e. The quantitative estimate of drug-likeness (QED) is 0.781. The van der Waals surface area contributed by atoms with Gasteiger partial charge in [0.1, 0.15) is 11.6 Å². The molecule has 1 aliphatic heterocycles. The van der Waals surface area contributed by atoms with Crippen LogP contribution in [0.4, 0.5) is 0 Å². The lowest BCUT2D eigenvalue weighted by atomic mass is 9.90. The predicted molar refractivity (Wildman–Crippen MR) is 103 cm³/mol. The standard InChI is InChI=1S/C20H24ClN3O3/c1-13-22-11-15(12-26-2)19(23-13)14-6-8-24(9-7-14)20(25)17-10-16(21)4-5-18(17)27-3/h4-5,10-11,14H,6-9,12H2,1-3H3. The van der Waals surface area contributed by atoms with Gasteiger partial charge in [0.05, 0.1) is 25.0 Å². The van der Waals surface area contributed by atoms with Crippen LogP contribution in [-0.2, 0) is 11.3 Å². The van der Waals surface area contributed by atoms with Crippen LogP contribution in [0.25, 0.3) is 0 Å². The lowest BCUT2D eigenvalue weighted by Crippen LogP contribution is -2.38. The third-order valence-corrected chi connectivity index (χ3v) is 5.11. The normalized spacial score (nSPS) is 15.0. The Kier molecular flexibility index (Phi) is 6.29. The van der Waals surface area contributed by atoms with Gasteiger partial charge in [-0.25, -0.2) is 9.97 Å². The fraction of sp³-hybridized carbons (Fsp3) is 0.450. The van der Waals surface area contributed by atoms with Crippen LogP contribution in [0.3, 0.4) is 0 Å². The molecule has 7 heteroatoms. The number of piperidine rings is 1. The number of amides is 1. The fourth-order valence-electron chi connectivity index (χ4n) is 3.51. The van der Waals surface area contributed by atoms with E-state index < -0.39 is 0 Å². The van der Waals surface area contributed by atoms with Gasteiger partial charge in [-0.3, -0.25) is 4.79 Å². The highest BCUT2D eigenvalue weighted by molar-refractivity contribution is 6.31. The Labute approximate surface area is 164 Å². The van der Waals surface area contributed by atoms with Crippen LogP contribution < -0.4 is 4.74 Å². The maximum absolute atomic E-state index is 12.9. The molecule has 2 aromatic rings. The molecule has 2 heterocycles. The number of carbonyl (C=O) groups is 1. The maximum Gasteiger partial charge on any atom is 0.257 e. The molecule has 0 atom stereocenters. The van der Waals surface area contributed by atoms with Gasteiger partial charge in [-0.05, 0) is 38.0 Å². The van der Waals surface area contributed by atoms with Crippen LogP contribution >= 0.6 is 11.6 Å². The minimum absolute atomic E-state index is 0.0521. The van der Waals surface area contributed by atoms with Crippen LogP contribution in [0.2, 0.25) is 5.02 Å². The van der Waals surface area contributed by atoms with Gasteiger partial charge in [0.15, 0.2) is 0 Å². The molecule has 1 amide bonds. The molecule has 1 aromatic carbocycles. The number of ether oxygens (including phenoxy) is 2. The van der Waals surface area contributed by atoms with Gasteiger partial charge in [0.2, 0.25) is 0 Å². The molecule has 3 rings (SSSR count). The molecule has 144 valence electrons. The van der Waals surface area contributed by atoms with Crippen LogP contribution in [-0.4, -0.2) is 48.1 Å². The third-order valence-electron chi connectivity index (χ3n) is 4.88. The van der Waals surface area contributed by atoms with Gasteiger partial charge in [-0.2, -0.15) is 0 Å². The first-order valence-corrected chi connectivity index (χ1v) is 9.35. The van der Waals surface area contributed by atoms with E-state index in [1.165, 1.54) is 0 Å². The first-order chi connectivity index (χ1) is 13.0. The molecule has 1 fully saturated rings. The second-order valence-electron chi connectivity index (χ2n) is 6.67. The molecule has 0 radical (unpaired) electrons. The van der Waals surface area contributed by atoms with Crippen molar-refractivity contribution < 1.29 is 14.3 Å². The molecule has 1 saturated heterocycles. The Morgan fingerprint density at radius 3 is 2.70 bits per heavy atom. The number of aromatic nitrogens is 2. The SMILES string of the molecule is COCc1cnc(C)nc1C1CCN(C(=O)c2cc(Cl)ccc2OC)CC1. The molecule has 0 saturated carbocycles. The zero-order valence-corrected chi connectivity index (χ0v) is 16.6. The molecular formula is C20H24ClN3O3. The molecule has 0 spiro atoms. The summed E-state index contributed by atoms with van der Waals surface area (Å²) in [5.74, 6) is 1.54. The van der Waals surface area contributed by atoms with Crippen molar-refractivity contribution in [2.45, 2.75) is 32.3 Å². The first kappa shape index (κ1) is 19.6. The van der Waals surface area contributed by atoms with E-state index in [0.717, 1.165) is 29.9 Å². The summed E-state index contributed by atoms with van der Waals surface area (Å²) in [6, 6.07) is 5.11. The van der Waals surface area contributed by atoms with E-state index >= 15 is 0 Å². The lowest BCUT2D eigenvalue weighted by Gasteiger charge is -2.32. The number of halogens is 1. The van der Waals surface area contributed by atoms with Crippen molar-refractivity contribution in [3.63, 3.8) is 0 Å². The monoisotopic (exact) mass is 389 g/mol. The van der Waals surface area contributed by atoms with E-state index in [9.17, 15) is 4.79 Å². The number of carbonyl (C=O) groups excluding carboxylic acids is 1. The Balaban J connectivity index is 1.74. The van der Waals surface area contributed by atoms with Gasteiger partial charge in [0, 0.05) is 42.9 Å². The van der Waals surface area contributed by atoms with Crippen molar-refractivity contribution in [1.29, 1.82) is 0 Å². The Morgan fingerprint density at radius 1 is 1.30 bits per heavy atom. The Morgan fingerprint density at radius 2 is 2.04 bits per heavy atom. The number of aryl methyl sites for hydroxylation is 1. The van der Waals surface area contributed by atoms with Crippen LogP contribution in [0.5, 0.6) is 5.75 Å². The van der Waals surface area contributed by atoms with Gasteiger partial charge in [0.25, 0.3) is 5.91 Å². The average molecular weight is 390 g/mol. The van der Waals surface area contributed by atoms with E-state index in [1.807, 2.05) is 18.0 Å². The van der Waals surface area contributed by atoms with Crippen LogP contribution in [0.15, 0.2) is 24.4 Å². The van der Waals surface area contributed by atoms with Crippen LogP contribution in [0, 0.1) is 6.92 Å². The lowest BCUT2D eigenvalue weighted by molar-refractivity contribution is 0.0707. The zero-order valence-electron chi connectivity index (χ0n) is 15.9. The number of methoxy groups -OCH3 is 2. The number of benzene rings is 1. The van der Waals surface area contributed by atoms with Crippen molar-refractivity contribution in [3.05, 3.63) is 52.1 Å². The summed E-state index contributed by atoms with van der Waals surface area (Å²) in [5, 5.41) is 0.523. The van der Waals surface area contributed by atoms with Crippen molar-refractivity contribution in [2.75, 3.05) is 27.3 Å². The smallest absolute Gasteiger partial charge is 0.257 e. The predicted octanol–water partition coefficient (Wildman–Crippen LogP) is 3.61. The molecule has 0 bridgehead atoms. The third kappa shape index (κ3) is 4.39. The molecule has 1 aromatic heterocycles. The van der Waals surface area contributed by atoms with Gasteiger partial charge >= 0.3 is 0 Å².